The predicted octanol–water partition coefficient (Wildman–Crippen LogP) is 3.28. The van der Waals surface area contributed by atoms with E-state index in [0.717, 1.165) is 26.9 Å². The second-order valence-electron chi connectivity index (χ2n) is 8.77. The molecule has 180 valence electrons. The molecule has 1 saturated heterocycles. The summed E-state index contributed by atoms with van der Waals surface area (Å²) in [6.07, 6.45) is 3.10. The summed E-state index contributed by atoms with van der Waals surface area (Å²) >= 11 is 3.42. The number of phenolic OH excluding ortho intramolecular Hbond substituents is 1. The lowest BCUT2D eigenvalue weighted by molar-refractivity contribution is -0.138. The van der Waals surface area contributed by atoms with E-state index >= 15 is 0 Å². The van der Waals surface area contributed by atoms with Crippen LogP contribution in [0.25, 0.3) is 6.08 Å². The molecule has 0 unspecified atom stereocenters. The molecule has 1 heterocycles. The Kier molecular flexibility index (Phi) is 8.50. The van der Waals surface area contributed by atoms with Gasteiger partial charge in [-0.3, -0.25) is 14.5 Å². The van der Waals surface area contributed by atoms with Gasteiger partial charge in [0.2, 0.25) is 11.8 Å². The predicted molar refractivity (Wildman–Crippen MR) is 128 cm³/mol. The first-order valence-corrected chi connectivity index (χ1v) is 12.0. The number of hydrogen-bond donors (Lipinski definition) is 3. The lowest BCUT2D eigenvalue weighted by Gasteiger charge is -2.36. The Hall–Kier alpha value is -2.00. The minimum absolute atomic E-state index is 0.182. The number of benzene rings is 1. The Labute approximate surface area is 202 Å². The van der Waals surface area contributed by atoms with Crippen LogP contribution in [0.15, 0.2) is 39.4 Å². The van der Waals surface area contributed by atoms with Gasteiger partial charge in [0.25, 0.3) is 0 Å². The fraction of sp³-hybridized carbons (Fsp3) is 0.520. The molecule has 1 fully saturated rings. The summed E-state index contributed by atoms with van der Waals surface area (Å²) in [4.78, 5) is 26.5. The molecule has 3 rings (SSSR count). The van der Waals surface area contributed by atoms with Crippen LogP contribution in [0.1, 0.15) is 38.2 Å². The third-order valence-corrected chi connectivity index (χ3v) is 7.31. The van der Waals surface area contributed by atoms with E-state index in [2.05, 4.69) is 15.9 Å². The van der Waals surface area contributed by atoms with E-state index in [9.17, 15) is 24.9 Å². The number of hydrogen-bond acceptors (Lipinski definition) is 6. The van der Waals surface area contributed by atoms with Crippen LogP contribution in [-0.4, -0.2) is 65.5 Å². The highest BCUT2D eigenvalue weighted by Crippen LogP contribution is 2.46. The maximum Gasteiger partial charge on any atom is 0.233 e. The molecule has 7 nitrogen and oxygen atoms in total. The van der Waals surface area contributed by atoms with E-state index in [-0.39, 0.29) is 30.8 Å². The van der Waals surface area contributed by atoms with Gasteiger partial charge in [-0.1, -0.05) is 34.5 Å². The summed E-state index contributed by atoms with van der Waals surface area (Å²) < 4.78 is 6.20. The number of methoxy groups -OCH3 is 1. The zero-order chi connectivity index (χ0) is 24.3. The van der Waals surface area contributed by atoms with Gasteiger partial charge in [-0.05, 0) is 55.0 Å². The molecule has 1 aliphatic carbocycles. The molecule has 0 radical (unpaired) electrons. The summed E-state index contributed by atoms with van der Waals surface area (Å²) in [7, 11) is 3.02. The smallest absolute Gasteiger partial charge is 0.233 e. The highest BCUT2D eigenvalue weighted by atomic mass is 79.9. The minimum Gasteiger partial charge on any atom is -0.507 e. The molecular formula is C25H32BrNO6. The van der Waals surface area contributed by atoms with Crippen LogP contribution in [0.4, 0.5) is 0 Å². The molecule has 1 aromatic rings. The molecule has 2 aliphatic rings. The Morgan fingerprint density at radius 1 is 1.33 bits per heavy atom. The fourth-order valence-electron chi connectivity index (χ4n) is 5.11. The van der Waals surface area contributed by atoms with Crippen molar-refractivity contribution in [2.24, 2.45) is 17.8 Å². The highest BCUT2D eigenvalue weighted by Gasteiger charge is 2.53. The van der Waals surface area contributed by atoms with E-state index in [1.165, 1.54) is 7.05 Å². The molecule has 1 aliphatic heterocycles. The standard InChI is InChI=1S/C25H32BrNO6/c1-4-14(9-15-10-17(26)6-8-20(15)29)5-7-21(30)22-16(13-33-3)11-18-23(19(22)12-28)25(32)27(2)24(18)31/h6,8-10,18-19,21,23,28-30H,4-5,7,11-13H2,1-3H3/b14-9+/t18-,19+,21-,23-/m1/s1. The normalized spacial score (nSPS) is 24.5. The van der Waals surface area contributed by atoms with Crippen molar-refractivity contribution < 1.29 is 29.6 Å². The van der Waals surface area contributed by atoms with E-state index in [4.69, 9.17) is 4.74 Å². The average Bonchev–Trinajstić information content (AvgIpc) is 3.01. The lowest BCUT2D eigenvalue weighted by atomic mass is 9.68. The number of rotatable bonds is 9. The first-order valence-electron chi connectivity index (χ1n) is 11.2. The topological polar surface area (TPSA) is 107 Å². The molecule has 3 N–H and O–H groups in total. The molecule has 0 saturated carbocycles. The number of amides is 2. The molecule has 1 aromatic carbocycles. The number of likely N-dealkylation sites (tertiary alicyclic amines) is 1. The SMILES string of the molecule is CC/C(=C\c1cc(Br)ccc1O)CC[C@@H](O)C1=C(COC)C[C@H]2C(=O)N(C)C(=O)[C@H]2[C@H]1CO. The second kappa shape index (κ2) is 11.0. The molecule has 0 bridgehead atoms. The van der Waals surface area contributed by atoms with E-state index in [0.29, 0.717) is 30.4 Å². The number of phenols is 1. The van der Waals surface area contributed by atoms with Crippen molar-refractivity contribution in [2.75, 3.05) is 27.4 Å². The first-order chi connectivity index (χ1) is 15.7. The number of aromatic hydroxyl groups is 1. The van der Waals surface area contributed by atoms with Gasteiger partial charge in [0.15, 0.2) is 0 Å². The second-order valence-corrected chi connectivity index (χ2v) is 9.68. The van der Waals surface area contributed by atoms with Crippen molar-refractivity contribution in [3.05, 3.63) is 45.0 Å². The number of fused-ring (bicyclic) bond motifs is 1. The number of carbonyl (C=O) groups excluding carboxylic acids is 2. The molecular weight excluding hydrogens is 490 g/mol. The van der Waals surface area contributed by atoms with Crippen LogP contribution < -0.4 is 0 Å². The molecule has 33 heavy (non-hydrogen) atoms. The zero-order valence-corrected chi connectivity index (χ0v) is 20.8. The first kappa shape index (κ1) is 25.6. The Bertz CT molecular complexity index is 972. The van der Waals surface area contributed by atoms with Crippen molar-refractivity contribution in [1.29, 1.82) is 0 Å². The Morgan fingerprint density at radius 2 is 2.06 bits per heavy atom. The zero-order valence-electron chi connectivity index (χ0n) is 19.3. The monoisotopic (exact) mass is 521 g/mol. The third kappa shape index (κ3) is 5.24. The van der Waals surface area contributed by atoms with Gasteiger partial charge >= 0.3 is 0 Å². The Morgan fingerprint density at radius 3 is 2.70 bits per heavy atom. The third-order valence-electron chi connectivity index (χ3n) is 6.82. The van der Waals surface area contributed by atoms with Gasteiger partial charge in [-0.15, -0.1) is 0 Å². The van der Waals surface area contributed by atoms with Crippen molar-refractivity contribution in [3.63, 3.8) is 0 Å². The maximum absolute atomic E-state index is 12.7. The maximum atomic E-state index is 12.7. The Balaban J connectivity index is 1.86. The number of aliphatic hydroxyl groups is 2. The van der Waals surface area contributed by atoms with Gasteiger partial charge in [0.05, 0.1) is 31.2 Å². The quantitative estimate of drug-likeness (QED) is 0.340. The van der Waals surface area contributed by atoms with Crippen LogP contribution >= 0.6 is 15.9 Å². The summed E-state index contributed by atoms with van der Waals surface area (Å²) in [5, 5.41) is 31.5. The number of ether oxygens (including phenoxy) is 1. The average molecular weight is 522 g/mol. The number of nitrogens with zero attached hydrogens (tertiary/aromatic N) is 1. The van der Waals surface area contributed by atoms with Gasteiger partial charge in [0.1, 0.15) is 5.75 Å². The molecule has 8 heteroatoms. The van der Waals surface area contributed by atoms with E-state index < -0.39 is 23.9 Å². The number of halogens is 1. The number of allylic oxidation sites excluding steroid dienone is 1. The van der Waals surface area contributed by atoms with Crippen molar-refractivity contribution in [2.45, 2.75) is 38.7 Å². The summed E-state index contributed by atoms with van der Waals surface area (Å²) in [6.45, 7) is 1.93. The lowest BCUT2D eigenvalue weighted by Crippen LogP contribution is -2.39. The van der Waals surface area contributed by atoms with Crippen LogP contribution in [0.3, 0.4) is 0 Å². The summed E-state index contributed by atoms with van der Waals surface area (Å²) in [6, 6.07) is 5.23. The van der Waals surface area contributed by atoms with Crippen molar-refractivity contribution >= 4 is 33.8 Å². The molecule has 0 aromatic heterocycles. The van der Waals surface area contributed by atoms with Gasteiger partial charge in [-0.25, -0.2) is 0 Å². The van der Waals surface area contributed by atoms with Gasteiger partial charge < -0.3 is 20.1 Å². The van der Waals surface area contributed by atoms with E-state index in [1.807, 2.05) is 19.1 Å². The van der Waals surface area contributed by atoms with Crippen molar-refractivity contribution in [1.82, 2.24) is 4.90 Å². The number of carbonyl (C=O) groups is 2. The minimum atomic E-state index is -0.881. The largest absolute Gasteiger partial charge is 0.507 e. The highest BCUT2D eigenvalue weighted by molar-refractivity contribution is 9.10. The van der Waals surface area contributed by atoms with Crippen LogP contribution in [-0.2, 0) is 14.3 Å². The van der Waals surface area contributed by atoms with Crippen LogP contribution in [0.2, 0.25) is 0 Å². The number of imide groups is 1. The summed E-state index contributed by atoms with van der Waals surface area (Å²) in [5.74, 6) is -2.15. The molecule has 0 spiro atoms. The van der Waals surface area contributed by atoms with Gasteiger partial charge in [-0.2, -0.15) is 0 Å². The van der Waals surface area contributed by atoms with Crippen LogP contribution in [0, 0.1) is 17.8 Å². The number of aliphatic hydroxyl groups excluding tert-OH is 2. The summed E-state index contributed by atoms with van der Waals surface area (Å²) in [5.41, 5.74) is 3.16. The van der Waals surface area contributed by atoms with Crippen molar-refractivity contribution in [3.8, 4) is 5.75 Å². The van der Waals surface area contributed by atoms with E-state index in [1.54, 1.807) is 19.2 Å². The van der Waals surface area contributed by atoms with Crippen LogP contribution in [0.5, 0.6) is 5.75 Å². The molecule has 4 atom stereocenters. The molecule has 2 amide bonds. The van der Waals surface area contributed by atoms with Gasteiger partial charge in [0, 0.05) is 30.1 Å². The fourth-order valence-corrected chi connectivity index (χ4v) is 5.49.